The van der Waals surface area contributed by atoms with Crippen molar-refractivity contribution in [1.82, 2.24) is 9.80 Å². The maximum Gasteiger partial charge on any atom is 0.166 e. The minimum atomic E-state index is 0.266. The van der Waals surface area contributed by atoms with Crippen LogP contribution < -0.4 is 0 Å². The molecular weight excluding hydrogens is 272 g/mol. The summed E-state index contributed by atoms with van der Waals surface area (Å²) in [5, 5.41) is 0. The summed E-state index contributed by atoms with van der Waals surface area (Å²) in [6, 6.07) is 8.28. The fourth-order valence-electron chi connectivity index (χ4n) is 3.73. The molecule has 2 aliphatic rings. The molecule has 1 aliphatic carbocycles. The number of carbonyl (C=O) groups is 1. The molecule has 0 bridgehead atoms. The quantitative estimate of drug-likeness (QED) is 0.798. The molecule has 1 saturated carbocycles. The van der Waals surface area contributed by atoms with Crippen molar-refractivity contribution in [3.63, 3.8) is 0 Å². The Balaban J connectivity index is 1.70. The van der Waals surface area contributed by atoms with Gasteiger partial charge in [-0.25, -0.2) is 0 Å². The van der Waals surface area contributed by atoms with E-state index in [4.69, 9.17) is 0 Å². The van der Waals surface area contributed by atoms with E-state index in [1.54, 1.807) is 0 Å². The van der Waals surface area contributed by atoms with Crippen molar-refractivity contribution in [3.05, 3.63) is 35.4 Å². The van der Waals surface area contributed by atoms with Gasteiger partial charge in [-0.05, 0) is 25.5 Å². The van der Waals surface area contributed by atoms with Gasteiger partial charge in [-0.2, -0.15) is 0 Å². The summed E-state index contributed by atoms with van der Waals surface area (Å²) in [7, 11) is 2.18. The minimum Gasteiger partial charge on any atom is -0.304 e. The molecule has 120 valence electrons. The van der Waals surface area contributed by atoms with E-state index in [1.165, 1.54) is 24.8 Å². The van der Waals surface area contributed by atoms with Crippen LogP contribution >= 0.6 is 0 Å². The molecule has 1 aromatic carbocycles. The molecule has 0 unspecified atom stereocenters. The zero-order chi connectivity index (χ0) is 15.4. The number of rotatable bonds is 4. The molecule has 22 heavy (non-hydrogen) atoms. The second-order valence-corrected chi connectivity index (χ2v) is 6.94. The molecule has 3 nitrogen and oxygen atoms in total. The van der Waals surface area contributed by atoms with Gasteiger partial charge in [0.25, 0.3) is 0 Å². The Hall–Kier alpha value is -1.19. The van der Waals surface area contributed by atoms with E-state index in [-0.39, 0.29) is 5.92 Å². The van der Waals surface area contributed by atoms with Gasteiger partial charge < -0.3 is 4.90 Å². The number of piperazine rings is 1. The Morgan fingerprint density at radius 1 is 1.05 bits per heavy atom. The lowest BCUT2D eigenvalue weighted by Gasteiger charge is -2.33. The van der Waals surface area contributed by atoms with E-state index < -0.39 is 0 Å². The molecule has 3 heteroatoms. The first kappa shape index (κ1) is 15.7. The number of hydrogen-bond acceptors (Lipinski definition) is 3. The van der Waals surface area contributed by atoms with Gasteiger partial charge >= 0.3 is 0 Å². The van der Waals surface area contributed by atoms with Gasteiger partial charge in [0.05, 0.1) is 0 Å². The molecule has 0 amide bonds. The fraction of sp³-hybridized carbons (Fsp3) is 0.632. The van der Waals surface area contributed by atoms with Crippen LogP contribution in [-0.2, 0) is 6.54 Å². The average Bonchev–Trinajstić information content (AvgIpc) is 2.58. The van der Waals surface area contributed by atoms with E-state index in [0.29, 0.717) is 5.78 Å². The molecule has 0 N–H and O–H groups in total. The molecule has 0 aromatic heterocycles. The largest absolute Gasteiger partial charge is 0.304 e. The molecule has 0 atom stereocenters. The molecular formula is C19H28N2O. The summed E-state index contributed by atoms with van der Waals surface area (Å²) >= 11 is 0. The predicted molar refractivity (Wildman–Crippen MR) is 90.1 cm³/mol. The first-order chi connectivity index (χ1) is 10.7. The molecule has 1 aromatic rings. The van der Waals surface area contributed by atoms with Crippen molar-refractivity contribution < 1.29 is 4.79 Å². The molecule has 0 spiro atoms. The standard InChI is InChI=1S/C19H28N2O/c1-20-11-13-21(14-12-20)15-17-9-5-6-10-18(17)19(22)16-7-3-2-4-8-16/h5-6,9-10,16H,2-4,7-8,11-15H2,1H3. The van der Waals surface area contributed by atoms with Crippen molar-refractivity contribution in [2.24, 2.45) is 5.92 Å². The van der Waals surface area contributed by atoms with Crippen molar-refractivity contribution in [2.45, 2.75) is 38.6 Å². The second kappa shape index (κ2) is 7.38. The fourth-order valence-corrected chi connectivity index (χ4v) is 3.73. The Kier molecular flexibility index (Phi) is 5.27. The lowest BCUT2D eigenvalue weighted by atomic mass is 9.83. The van der Waals surface area contributed by atoms with Crippen molar-refractivity contribution in [3.8, 4) is 0 Å². The Morgan fingerprint density at radius 2 is 1.73 bits per heavy atom. The first-order valence-electron chi connectivity index (χ1n) is 8.77. The van der Waals surface area contributed by atoms with E-state index in [9.17, 15) is 4.79 Å². The van der Waals surface area contributed by atoms with Crippen molar-refractivity contribution in [1.29, 1.82) is 0 Å². The van der Waals surface area contributed by atoms with Crippen molar-refractivity contribution >= 4 is 5.78 Å². The molecule has 3 rings (SSSR count). The zero-order valence-corrected chi connectivity index (χ0v) is 13.8. The highest BCUT2D eigenvalue weighted by atomic mass is 16.1. The first-order valence-corrected chi connectivity index (χ1v) is 8.77. The average molecular weight is 300 g/mol. The number of Topliss-reactive ketones (excluding diaryl/α,β-unsaturated/α-hetero) is 1. The molecule has 1 aliphatic heterocycles. The van der Waals surface area contributed by atoms with Gasteiger partial charge in [0.15, 0.2) is 5.78 Å². The van der Waals surface area contributed by atoms with Crippen molar-refractivity contribution in [2.75, 3.05) is 33.2 Å². The van der Waals surface area contributed by atoms with Crippen LogP contribution in [0.2, 0.25) is 0 Å². The summed E-state index contributed by atoms with van der Waals surface area (Å²) < 4.78 is 0. The lowest BCUT2D eigenvalue weighted by Crippen LogP contribution is -2.44. The predicted octanol–water partition coefficient (Wildman–Crippen LogP) is 3.20. The van der Waals surface area contributed by atoms with E-state index in [2.05, 4.69) is 29.0 Å². The number of benzene rings is 1. The number of hydrogen-bond donors (Lipinski definition) is 0. The molecule has 1 heterocycles. The topological polar surface area (TPSA) is 23.6 Å². The number of nitrogens with zero attached hydrogens (tertiary/aromatic N) is 2. The maximum atomic E-state index is 12.9. The van der Waals surface area contributed by atoms with Crippen LogP contribution in [-0.4, -0.2) is 48.8 Å². The van der Waals surface area contributed by atoms with Gasteiger partial charge in [0.1, 0.15) is 0 Å². The van der Waals surface area contributed by atoms with Crippen LogP contribution in [0.1, 0.15) is 48.0 Å². The second-order valence-electron chi connectivity index (χ2n) is 6.94. The van der Waals surface area contributed by atoms with Crippen LogP contribution in [0, 0.1) is 5.92 Å². The summed E-state index contributed by atoms with van der Waals surface area (Å²) in [5.74, 6) is 0.659. The van der Waals surface area contributed by atoms with Gasteiger partial charge in [-0.3, -0.25) is 9.69 Å². The normalized spacial score (nSPS) is 21.9. The minimum absolute atomic E-state index is 0.266. The third kappa shape index (κ3) is 3.76. The number of ketones is 1. The Morgan fingerprint density at radius 3 is 2.45 bits per heavy atom. The monoisotopic (exact) mass is 300 g/mol. The SMILES string of the molecule is CN1CCN(Cc2ccccc2C(=O)C2CCCCC2)CC1. The summed E-state index contributed by atoms with van der Waals surface area (Å²) in [4.78, 5) is 17.7. The van der Waals surface area contributed by atoms with E-state index in [1.807, 2.05) is 12.1 Å². The third-order valence-electron chi connectivity index (χ3n) is 5.25. The van der Waals surface area contributed by atoms with Gasteiger partial charge in [0, 0.05) is 44.2 Å². The Bertz CT molecular complexity index is 500. The molecule has 0 radical (unpaired) electrons. The van der Waals surface area contributed by atoms with Crippen LogP contribution in [0.3, 0.4) is 0 Å². The Labute approximate surface area is 134 Å². The van der Waals surface area contributed by atoms with Gasteiger partial charge in [0.2, 0.25) is 0 Å². The highest BCUT2D eigenvalue weighted by molar-refractivity contribution is 5.99. The van der Waals surface area contributed by atoms with Crippen LogP contribution in [0.5, 0.6) is 0 Å². The summed E-state index contributed by atoms with van der Waals surface area (Å²) in [5.41, 5.74) is 2.20. The highest BCUT2D eigenvalue weighted by Gasteiger charge is 2.24. The van der Waals surface area contributed by atoms with Gasteiger partial charge in [-0.15, -0.1) is 0 Å². The van der Waals surface area contributed by atoms with Crippen LogP contribution in [0.25, 0.3) is 0 Å². The third-order valence-corrected chi connectivity index (χ3v) is 5.25. The van der Waals surface area contributed by atoms with Gasteiger partial charge in [-0.1, -0.05) is 43.5 Å². The summed E-state index contributed by atoms with van der Waals surface area (Å²) in [6.45, 7) is 5.37. The summed E-state index contributed by atoms with van der Waals surface area (Å²) in [6.07, 6.45) is 5.91. The number of likely N-dealkylation sites (N-methyl/N-ethyl adjacent to an activating group) is 1. The molecule has 1 saturated heterocycles. The highest BCUT2D eigenvalue weighted by Crippen LogP contribution is 2.28. The zero-order valence-electron chi connectivity index (χ0n) is 13.8. The van der Waals surface area contributed by atoms with E-state index in [0.717, 1.165) is 51.1 Å². The smallest absolute Gasteiger partial charge is 0.166 e. The van der Waals surface area contributed by atoms with Crippen LogP contribution in [0.15, 0.2) is 24.3 Å². The van der Waals surface area contributed by atoms with Crippen LogP contribution in [0.4, 0.5) is 0 Å². The number of carbonyl (C=O) groups excluding carboxylic acids is 1. The lowest BCUT2D eigenvalue weighted by molar-refractivity contribution is 0.0886. The molecule has 2 fully saturated rings. The maximum absolute atomic E-state index is 12.9. The van der Waals surface area contributed by atoms with E-state index >= 15 is 0 Å².